The van der Waals surface area contributed by atoms with Gasteiger partial charge >= 0.3 is 5.97 Å². The van der Waals surface area contributed by atoms with Gasteiger partial charge in [-0.05, 0) is 36.0 Å². The summed E-state index contributed by atoms with van der Waals surface area (Å²) in [4.78, 5) is 10.9. The van der Waals surface area contributed by atoms with Gasteiger partial charge in [0, 0.05) is 0 Å². The van der Waals surface area contributed by atoms with E-state index in [1.807, 2.05) is 54.6 Å². The van der Waals surface area contributed by atoms with Gasteiger partial charge < -0.3 is 10.2 Å². The highest BCUT2D eigenvalue weighted by atomic mass is 16.4. The number of carboxylic acids is 1. The Bertz CT molecular complexity index is 644. The van der Waals surface area contributed by atoms with Gasteiger partial charge in [-0.25, -0.2) is 0 Å². The fourth-order valence-electron chi connectivity index (χ4n) is 2.82. The van der Waals surface area contributed by atoms with E-state index in [1.54, 1.807) is 6.92 Å². The molecule has 3 atom stereocenters. The molecular formula is C18H18O3. The Morgan fingerprint density at radius 1 is 1.05 bits per heavy atom. The van der Waals surface area contributed by atoms with Crippen molar-refractivity contribution in [2.24, 2.45) is 5.92 Å². The first-order chi connectivity index (χ1) is 10.00. The molecular weight excluding hydrogens is 264 g/mol. The quantitative estimate of drug-likeness (QED) is 0.905. The second-order valence-corrected chi connectivity index (χ2v) is 5.85. The van der Waals surface area contributed by atoms with Crippen molar-refractivity contribution in [1.29, 1.82) is 0 Å². The van der Waals surface area contributed by atoms with Crippen LogP contribution >= 0.6 is 0 Å². The van der Waals surface area contributed by atoms with E-state index in [0.29, 0.717) is 6.42 Å². The normalized spacial score (nSPS) is 23.3. The number of hydrogen-bond acceptors (Lipinski definition) is 2. The maximum absolute atomic E-state index is 10.9. The molecule has 2 aromatic rings. The summed E-state index contributed by atoms with van der Waals surface area (Å²) in [6.45, 7) is 1.77. The number of rotatable bonds is 4. The lowest BCUT2D eigenvalue weighted by Crippen LogP contribution is -2.22. The van der Waals surface area contributed by atoms with Crippen LogP contribution in [0.25, 0.3) is 0 Å². The lowest BCUT2D eigenvalue weighted by Gasteiger charge is -2.24. The zero-order chi connectivity index (χ0) is 15.0. The molecule has 0 spiro atoms. The molecule has 1 fully saturated rings. The minimum absolute atomic E-state index is 0.123. The summed E-state index contributed by atoms with van der Waals surface area (Å²) in [6, 6.07) is 17.2. The maximum atomic E-state index is 10.9. The highest BCUT2D eigenvalue weighted by Gasteiger charge is 2.44. The van der Waals surface area contributed by atoms with Gasteiger partial charge in [0.2, 0.25) is 0 Å². The molecule has 1 aliphatic carbocycles. The molecule has 2 aromatic carbocycles. The minimum Gasteiger partial charge on any atom is -0.481 e. The van der Waals surface area contributed by atoms with Gasteiger partial charge in [0.15, 0.2) is 0 Å². The summed E-state index contributed by atoms with van der Waals surface area (Å²) in [5, 5.41) is 19.7. The molecule has 108 valence electrons. The van der Waals surface area contributed by atoms with Gasteiger partial charge in [-0.3, -0.25) is 4.79 Å². The fourth-order valence-corrected chi connectivity index (χ4v) is 2.82. The van der Waals surface area contributed by atoms with Gasteiger partial charge in [0.05, 0.1) is 5.92 Å². The van der Waals surface area contributed by atoms with Crippen molar-refractivity contribution in [3.05, 3.63) is 71.3 Å². The van der Waals surface area contributed by atoms with Crippen LogP contribution in [0.3, 0.4) is 0 Å². The number of benzene rings is 2. The molecule has 0 amide bonds. The summed E-state index contributed by atoms with van der Waals surface area (Å²) in [5.41, 5.74) is 1.64. The SMILES string of the molecule is C[C@@](O)(c1ccccc1)c1ccc([C@H]2C[C@H]2C(=O)O)cc1. The monoisotopic (exact) mass is 282 g/mol. The summed E-state index contributed by atoms with van der Waals surface area (Å²) >= 11 is 0. The van der Waals surface area contributed by atoms with E-state index in [1.165, 1.54) is 0 Å². The average Bonchev–Trinajstić information content (AvgIpc) is 3.29. The Morgan fingerprint density at radius 3 is 2.14 bits per heavy atom. The fraction of sp³-hybridized carbons (Fsp3) is 0.278. The lowest BCUT2D eigenvalue weighted by atomic mass is 9.87. The zero-order valence-corrected chi connectivity index (χ0v) is 11.9. The number of aliphatic carboxylic acids is 1. The first kappa shape index (κ1) is 13.8. The molecule has 0 saturated heterocycles. The number of carboxylic acid groups (broad SMARTS) is 1. The lowest BCUT2D eigenvalue weighted by molar-refractivity contribution is -0.138. The summed E-state index contributed by atoms with van der Waals surface area (Å²) < 4.78 is 0. The minimum atomic E-state index is -1.05. The Hall–Kier alpha value is -2.13. The first-order valence-corrected chi connectivity index (χ1v) is 7.11. The Balaban J connectivity index is 1.83. The van der Waals surface area contributed by atoms with E-state index >= 15 is 0 Å². The summed E-state index contributed by atoms with van der Waals surface area (Å²) in [6.07, 6.45) is 0.712. The third-order valence-electron chi connectivity index (χ3n) is 4.34. The van der Waals surface area contributed by atoms with E-state index in [0.717, 1.165) is 16.7 Å². The molecule has 1 saturated carbocycles. The van der Waals surface area contributed by atoms with Crippen LogP contribution in [0.15, 0.2) is 54.6 Å². The summed E-state index contributed by atoms with van der Waals surface area (Å²) in [5.74, 6) is -0.843. The molecule has 0 aliphatic heterocycles. The molecule has 1 aliphatic rings. The predicted octanol–water partition coefficient (Wildman–Crippen LogP) is 3.13. The van der Waals surface area contributed by atoms with E-state index in [4.69, 9.17) is 5.11 Å². The highest BCUT2D eigenvalue weighted by molar-refractivity contribution is 5.75. The second kappa shape index (κ2) is 5.01. The molecule has 3 nitrogen and oxygen atoms in total. The molecule has 3 rings (SSSR count). The van der Waals surface area contributed by atoms with E-state index in [9.17, 15) is 9.90 Å². The van der Waals surface area contributed by atoms with Crippen molar-refractivity contribution in [1.82, 2.24) is 0 Å². The van der Waals surface area contributed by atoms with Crippen molar-refractivity contribution >= 4 is 5.97 Å². The Kier molecular flexibility index (Phi) is 3.30. The van der Waals surface area contributed by atoms with E-state index in [-0.39, 0.29) is 11.8 Å². The van der Waals surface area contributed by atoms with Crippen molar-refractivity contribution in [3.8, 4) is 0 Å². The third-order valence-corrected chi connectivity index (χ3v) is 4.34. The third kappa shape index (κ3) is 2.57. The Labute approximate surface area is 123 Å². The summed E-state index contributed by atoms with van der Waals surface area (Å²) in [7, 11) is 0. The van der Waals surface area contributed by atoms with Crippen LogP contribution in [0.2, 0.25) is 0 Å². The van der Waals surface area contributed by atoms with Gasteiger partial charge in [-0.2, -0.15) is 0 Å². The molecule has 0 heterocycles. The first-order valence-electron chi connectivity index (χ1n) is 7.11. The van der Waals surface area contributed by atoms with Crippen LogP contribution in [0, 0.1) is 5.92 Å². The van der Waals surface area contributed by atoms with Crippen LogP contribution in [0.5, 0.6) is 0 Å². The number of aliphatic hydroxyl groups is 1. The molecule has 0 aromatic heterocycles. The second-order valence-electron chi connectivity index (χ2n) is 5.85. The predicted molar refractivity (Wildman–Crippen MR) is 80.0 cm³/mol. The molecule has 0 radical (unpaired) electrons. The standard InChI is InChI=1S/C18H18O3/c1-18(21,13-5-3-2-4-6-13)14-9-7-12(8-10-14)15-11-16(15)17(19)20/h2-10,15-16,21H,11H2,1H3,(H,19,20)/t15-,16-,18-/m1/s1. The van der Waals surface area contributed by atoms with Crippen molar-refractivity contribution in [3.63, 3.8) is 0 Å². The van der Waals surface area contributed by atoms with Gasteiger partial charge in [-0.1, -0.05) is 54.6 Å². The maximum Gasteiger partial charge on any atom is 0.307 e. The van der Waals surface area contributed by atoms with Crippen molar-refractivity contribution in [2.45, 2.75) is 24.9 Å². The van der Waals surface area contributed by atoms with Crippen molar-refractivity contribution < 1.29 is 15.0 Å². The van der Waals surface area contributed by atoms with Gasteiger partial charge in [0.25, 0.3) is 0 Å². The molecule has 0 unspecified atom stereocenters. The number of carbonyl (C=O) groups is 1. The average molecular weight is 282 g/mol. The van der Waals surface area contributed by atoms with Crippen LogP contribution in [0.4, 0.5) is 0 Å². The molecule has 3 heteroatoms. The van der Waals surface area contributed by atoms with Crippen molar-refractivity contribution in [2.75, 3.05) is 0 Å². The van der Waals surface area contributed by atoms with Crippen LogP contribution in [-0.2, 0) is 10.4 Å². The van der Waals surface area contributed by atoms with Crippen LogP contribution in [0.1, 0.15) is 36.0 Å². The number of hydrogen-bond donors (Lipinski definition) is 2. The zero-order valence-electron chi connectivity index (χ0n) is 11.9. The van der Waals surface area contributed by atoms with Gasteiger partial charge in [-0.15, -0.1) is 0 Å². The smallest absolute Gasteiger partial charge is 0.307 e. The molecule has 2 N–H and O–H groups in total. The highest BCUT2D eigenvalue weighted by Crippen LogP contribution is 2.47. The van der Waals surface area contributed by atoms with Crippen LogP contribution < -0.4 is 0 Å². The van der Waals surface area contributed by atoms with E-state index in [2.05, 4.69) is 0 Å². The Morgan fingerprint density at radius 2 is 1.62 bits per heavy atom. The van der Waals surface area contributed by atoms with E-state index < -0.39 is 11.6 Å². The van der Waals surface area contributed by atoms with Crippen LogP contribution in [-0.4, -0.2) is 16.2 Å². The molecule has 21 heavy (non-hydrogen) atoms. The topological polar surface area (TPSA) is 57.5 Å². The van der Waals surface area contributed by atoms with Gasteiger partial charge in [0.1, 0.15) is 5.60 Å². The molecule has 0 bridgehead atoms. The largest absolute Gasteiger partial charge is 0.481 e.